The fourth-order valence-corrected chi connectivity index (χ4v) is 2.42. The van der Waals surface area contributed by atoms with E-state index in [0.717, 1.165) is 38.4 Å². The van der Waals surface area contributed by atoms with Crippen LogP contribution in [-0.4, -0.2) is 22.2 Å². The van der Waals surface area contributed by atoms with Gasteiger partial charge in [-0.1, -0.05) is 20.3 Å². The summed E-state index contributed by atoms with van der Waals surface area (Å²) in [5, 5.41) is 8.09. The van der Waals surface area contributed by atoms with E-state index >= 15 is 0 Å². The monoisotopic (exact) mass is 271 g/mol. The summed E-state index contributed by atoms with van der Waals surface area (Å²) in [7, 11) is 0. The molecule has 0 saturated heterocycles. The van der Waals surface area contributed by atoms with Gasteiger partial charge in [0.15, 0.2) is 0 Å². The second-order valence-corrected chi connectivity index (χ2v) is 5.06. The van der Waals surface area contributed by atoms with E-state index < -0.39 is 0 Å². The van der Waals surface area contributed by atoms with Crippen molar-refractivity contribution in [2.45, 2.75) is 53.1 Å². The van der Waals surface area contributed by atoms with Gasteiger partial charge in [0.2, 0.25) is 0 Å². The zero-order chi connectivity index (χ0) is 13.4. The molecule has 0 amide bonds. The van der Waals surface area contributed by atoms with Crippen molar-refractivity contribution in [3.63, 3.8) is 0 Å². The van der Waals surface area contributed by atoms with E-state index in [1.165, 1.54) is 17.8 Å². The Hall–Kier alpha value is -0.540. The summed E-state index contributed by atoms with van der Waals surface area (Å²) in [5.74, 6) is 1.44. The van der Waals surface area contributed by atoms with Gasteiger partial charge < -0.3 is 5.32 Å². The molecule has 1 unspecified atom stereocenters. The summed E-state index contributed by atoms with van der Waals surface area (Å²) in [4.78, 5) is 0. The van der Waals surface area contributed by atoms with Crippen LogP contribution in [0.3, 0.4) is 0 Å². The molecule has 18 heavy (non-hydrogen) atoms. The summed E-state index contributed by atoms with van der Waals surface area (Å²) < 4.78 is 2.09. The van der Waals surface area contributed by atoms with Crippen molar-refractivity contribution in [1.29, 1.82) is 0 Å². The predicted molar refractivity (Wildman–Crippen MR) is 78.1 cm³/mol. The molecule has 0 spiro atoms. The molecular weight excluding hydrogens is 246 g/mol. The van der Waals surface area contributed by atoms with Gasteiger partial charge in [-0.3, -0.25) is 4.68 Å². The van der Waals surface area contributed by atoms with Crippen LogP contribution in [0.5, 0.6) is 0 Å². The highest BCUT2D eigenvalue weighted by atomic mass is 35.5. The zero-order valence-corrected chi connectivity index (χ0v) is 12.6. The normalized spacial score (nSPS) is 12.9. The highest BCUT2D eigenvalue weighted by molar-refractivity contribution is 6.17. The Morgan fingerprint density at radius 2 is 2.17 bits per heavy atom. The third-order valence-corrected chi connectivity index (χ3v) is 3.63. The molecule has 1 N–H and O–H groups in total. The highest BCUT2D eigenvalue weighted by Gasteiger charge is 2.08. The highest BCUT2D eigenvalue weighted by Crippen LogP contribution is 2.09. The van der Waals surface area contributed by atoms with Crippen molar-refractivity contribution in [2.75, 3.05) is 12.4 Å². The first-order valence-corrected chi connectivity index (χ1v) is 7.60. The number of nitrogens with one attached hydrogen (secondary N) is 1. The fraction of sp³-hybridized carbons (Fsp3) is 0.786. The number of alkyl halides is 1. The van der Waals surface area contributed by atoms with Gasteiger partial charge in [-0.05, 0) is 38.3 Å². The number of aromatic nitrogens is 2. The first kappa shape index (κ1) is 15.5. The standard InChI is InChI=1S/C14H26ClN3/c1-4-12(7-8-15)10-16-11-14-9-13(5-2)17-18(14)6-3/h9,12,16H,4-8,10-11H2,1-3H3. The lowest BCUT2D eigenvalue weighted by Gasteiger charge is -2.14. The molecule has 0 radical (unpaired) electrons. The zero-order valence-electron chi connectivity index (χ0n) is 11.9. The molecule has 0 aliphatic carbocycles. The SMILES string of the molecule is CCc1cc(CNCC(CC)CCCl)n(CC)n1. The Morgan fingerprint density at radius 3 is 2.72 bits per heavy atom. The largest absolute Gasteiger partial charge is 0.311 e. The summed E-state index contributed by atoms with van der Waals surface area (Å²) in [5.41, 5.74) is 2.47. The van der Waals surface area contributed by atoms with E-state index in [1.54, 1.807) is 0 Å². The van der Waals surface area contributed by atoms with Crippen LogP contribution in [0.4, 0.5) is 0 Å². The third-order valence-electron chi connectivity index (χ3n) is 3.41. The Bertz CT molecular complexity index is 336. The number of nitrogens with zero attached hydrogens (tertiary/aromatic N) is 2. The number of hydrogen-bond donors (Lipinski definition) is 1. The van der Waals surface area contributed by atoms with Gasteiger partial charge in [0, 0.05) is 19.0 Å². The molecule has 104 valence electrons. The van der Waals surface area contributed by atoms with Gasteiger partial charge in [0.25, 0.3) is 0 Å². The van der Waals surface area contributed by atoms with Gasteiger partial charge in [-0.2, -0.15) is 5.10 Å². The van der Waals surface area contributed by atoms with Gasteiger partial charge in [-0.25, -0.2) is 0 Å². The van der Waals surface area contributed by atoms with Crippen LogP contribution in [0, 0.1) is 5.92 Å². The second-order valence-electron chi connectivity index (χ2n) is 4.68. The average molecular weight is 272 g/mol. The van der Waals surface area contributed by atoms with E-state index in [1.807, 2.05) is 0 Å². The maximum absolute atomic E-state index is 5.80. The van der Waals surface area contributed by atoms with E-state index in [4.69, 9.17) is 11.6 Å². The van der Waals surface area contributed by atoms with Crippen LogP contribution in [0.25, 0.3) is 0 Å². The Labute approximate surface area is 116 Å². The smallest absolute Gasteiger partial charge is 0.0625 e. The molecule has 0 saturated carbocycles. The number of hydrogen-bond acceptors (Lipinski definition) is 2. The summed E-state index contributed by atoms with van der Waals surface area (Å²) in [6, 6.07) is 2.21. The summed E-state index contributed by atoms with van der Waals surface area (Å²) in [6.07, 6.45) is 3.29. The predicted octanol–water partition coefficient (Wildman–Crippen LogP) is 3.21. The van der Waals surface area contributed by atoms with E-state index in [2.05, 4.69) is 41.9 Å². The number of rotatable bonds is 9. The number of halogens is 1. The molecule has 1 aromatic rings. The molecule has 4 heteroatoms. The van der Waals surface area contributed by atoms with Gasteiger partial charge in [0.05, 0.1) is 11.4 Å². The van der Waals surface area contributed by atoms with Crippen molar-refractivity contribution in [3.8, 4) is 0 Å². The van der Waals surface area contributed by atoms with Gasteiger partial charge in [-0.15, -0.1) is 11.6 Å². The molecule has 1 heterocycles. The molecule has 0 aromatic carbocycles. The quantitative estimate of drug-likeness (QED) is 0.699. The molecule has 1 rings (SSSR count). The molecule has 1 aromatic heterocycles. The van der Waals surface area contributed by atoms with E-state index in [-0.39, 0.29) is 0 Å². The van der Waals surface area contributed by atoms with Crippen LogP contribution in [0.1, 0.15) is 45.0 Å². The minimum atomic E-state index is 0.686. The Morgan fingerprint density at radius 1 is 1.39 bits per heavy atom. The van der Waals surface area contributed by atoms with Crippen LogP contribution in [-0.2, 0) is 19.5 Å². The van der Waals surface area contributed by atoms with Crippen molar-refractivity contribution < 1.29 is 0 Å². The summed E-state index contributed by atoms with van der Waals surface area (Å²) in [6.45, 7) is 9.39. The number of aryl methyl sites for hydroxylation is 2. The van der Waals surface area contributed by atoms with Crippen LogP contribution >= 0.6 is 11.6 Å². The van der Waals surface area contributed by atoms with Crippen LogP contribution in [0.2, 0.25) is 0 Å². The Kier molecular flexibility index (Phi) is 7.36. The third kappa shape index (κ3) is 4.62. The lowest BCUT2D eigenvalue weighted by atomic mass is 10.0. The van der Waals surface area contributed by atoms with Crippen molar-refractivity contribution in [3.05, 3.63) is 17.5 Å². The minimum Gasteiger partial charge on any atom is -0.311 e. The molecule has 0 fully saturated rings. The first-order chi connectivity index (χ1) is 8.74. The van der Waals surface area contributed by atoms with Gasteiger partial charge in [0.1, 0.15) is 0 Å². The maximum atomic E-state index is 5.80. The molecule has 1 atom stereocenters. The Balaban J connectivity index is 2.44. The molecule has 0 aliphatic heterocycles. The lowest BCUT2D eigenvalue weighted by molar-refractivity contribution is 0.444. The van der Waals surface area contributed by atoms with Crippen molar-refractivity contribution >= 4 is 11.6 Å². The van der Waals surface area contributed by atoms with E-state index in [0.29, 0.717) is 5.92 Å². The summed E-state index contributed by atoms with van der Waals surface area (Å²) >= 11 is 5.80. The average Bonchev–Trinajstić information content (AvgIpc) is 2.80. The van der Waals surface area contributed by atoms with E-state index in [9.17, 15) is 0 Å². The van der Waals surface area contributed by atoms with Crippen LogP contribution < -0.4 is 5.32 Å². The topological polar surface area (TPSA) is 29.9 Å². The van der Waals surface area contributed by atoms with Crippen molar-refractivity contribution in [1.82, 2.24) is 15.1 Å². The maximum Gasteiger partial charge on any atom is 0.0625 e. The molecule has 3 nitrogen and oxygen atoms in total. The fourth-order valence-electron chi connectivity index (χ4n) is 2.11. The van der Waals surface area contributed by atoms with Gasteiger partial charge >= 0.3 is 0 Å². The van der Waals surface area contributed by atoms with Crippen LogP contribution in [0.15, 0.2) is 6.07 Å². The van der Waals surface area contributed by atoms with Crippen molar-refractivity contribution in [2.24, 2.45) is 5.92 Å². The lowest BCUT2D eigenvalue weighted by Crippen LogP contribution is -2.23. The minimum absolute atomic E-state index is 0.686. The second kappa shape index (κ2) is 8.54. The first-order valence-electron chi connectivity index (χ1n) is 7.07. The molecule has 0 bridgehead atoms. The molecular formula is C14H26ClN3. The molecule has 0 aliphatic rings.